The molecule has 0 aliphatic rings. The van der Waals surface area contributed by atoms with E-state index in [2.05, 4.69) is 45.1 Å². The highest BCUT2D eigenvalue weighted by molar-refractivity contribution is 5.71. The van der Waals surface area contributed by atoms with Crippen molar-refractivity contribution in [2.45, 2.75) is 354 Å². The average Bonchev–Trinajstić information content (AvgIpc) is 3.36. The summed E-state index contributed by atoms with van der Waals surface area (Å²) in [5.74, 6) is -0.841. The topological polar surface area (TPSA) is 78.9 Å². The SMILES string of the molecule is CCCCCCC/C=C\C/C=C\CCCCCCCCCCCCCCCC(=O)OCC(COC(=O)CCCCCCCCCCCCCC)OC(=O)CCCCCCCCCCCCCCCCC. The Morgan fingerprint density at radius 2 is 0.514 bits per heavy atom. The van der Waals surface area contributed by atoms with Crippen LogP contribution >= 0.6 is 0 Å². The Kier molecular flexibility index (Phi) is 57.7. The van der Waals surface area contributed by atoms with Crippen molar-refractivity contribution in [3.63, 3.8) is 0 Å². The van der Waals surface area contributed by atoms with Crippen molar-refractivity contribution >= 4 is 17.9 Å². The largest absolute Gasteiger partial charge is 0.462 e. The van der Waals surface area contributed by atoms with Crippen LogP contribution in [0.4, 0.5) is 0 Å². The molecule has 0 heterocycles. The van der Waals surface area contributed by atoms with Crippen molar-refractivity contribution in [3.05, 3.63) is 24.3 Å². The van der Waals surface area contributed by atoms with Crippen LogP contribution in [-0.2, 0) is 28.6 Å². The standard InChI is InChI=1S/C64H120O6/c1-4-7-10-13-16-19-22-25-27-28-29-30-31-32-33-34-35-36-38-39-42-45-48-51-54-57-63(66)69-60-61(59-68-62(65)56-53-50-47-44-41-24-21-18-15-12-9-6-3)70-64(67)58-55-52-49-46-43-40-37-26-23-20-17-14-11-8-5-2/h22,25,28-29,61H,4-21,23-24,26-27,30-60H2,1-3H3/b25-22-,29-28-. The molecule has 1 unspecified atom stereocenters. The van der Waals surface area contributed by atoms with Crippen molar-refractivity contribution in [1.29, 1.82) is 0 Å². The van der Waals surface area contributed by atoms with Crippen LogP contribution in [0.3, 0.4) is 0 Å². The zero-order chi connectivity index (χ0) is 50.7. The number of ether oxygens (including phenoxy) is 3. The van der Waals surface area contributed by atoms with Gasteiger partial charge in [0.05, 0.1) is 0 Å². The Bertz CT molecular complexity index is 1130. The van der Waals surface area contributed by atoms with Gasteiger partial charge >= 0.3 is 17.9 Å². The number of allylic oxidation sites excluding steroid dienone is 4. The number of esters is 3. The van der Waals surface area contributed by atoms with Gasteiger partial charge in [-0.05, 0) is 51.4 Å². The average molecular weight is 986 g/mol. The van der Waals surface area contributed by atoms with E-state index in [1.54, 1.807) is 0 Å². The lowest BCUT2D eigenvalue weighted by Crippen LogP contribution is -2.30. The predicted octanol–water partition coefficient (Wildman–Crippen LogP) is 21.1. The summed E-state index contributed by atoms with van der Waals surface area (Å²) in [6.07, 6.45) is 70.4. The van der Waals surface area contributed by atoms with E-state index in [1.807, 2.05) is 0 Å². The zero-order valence-electron chi connectivity index (χ0n) is 47.3. The van der Waals surface area contributed by atoms with E-state index in [1.165, 1.54) is 244 Å². The quantitative estimate of drug-likeness (QED) is 0.0261. The molecule has 0 aromatic carbocycles. The maximum absolute atomic E-state index is 12.9. The van der Waals surface area contributed by atoms with Gasteiger partial charge in [-0.3, -0.25) is 14.4 Å². The second-order valence-corrected chi connectivity index (χ2v) is 21.3. The Morgan fingerprint density at radius 3 is 0.786 bits per heavy atom. The van der Waals surface area contributed by atoms with Gasteiger partial charge in [-0.15, -0.1) is 0 Å². The maximum atomic E-state index is 12.9. The summed E-state index contributed by atoms with van der Waals surface area (Å²) < 4.78 is 16.9. The summed E-state index contributed by atoms with van der Waals surface area (Å²) in [5.41, 5.74) is 0. The third kappa shape index (κ3) is 56.8. The van der Waals surface area contributed by atoms with Crippen molar-refractivity contribution in [3.8, 4) is 0 Å². The normalized spacial score (nSPS) is 12.1. The summed E-state index contributed by atoms with van der Waals surface area (Å²) in [7, 11) is 0. The Labute approximate surface area is 436 Å². The Hall–Kier alpha value is -2.11. The van der Waals surface area contributed by atoms with E-state index in [0.717, 1.165) is 64.2 Å². The third-order valence-corrected chi connectivity index (χ3v) is 14.2. The highest BCUT2D eigenvalue weighted by Crippen LogP contribution is 2.17. The molecule has 0 spiro atoms. The lowest BCUT2D eigenvalue weighted by molar-refractivity contribution is -0.167. The van der Waals surface area contributed by atoms with Gasteiger partial charge in [-0.2, -0.15) is 0 Å². The molecule has 0 saturated heterocycles. The smallest absolute Gasteiger partial charge is 0.306 e. The van der Waals surface area contributed by atoms with E-state index in [0.29, 0.717) is 19.3 Å². The molecule has 0 amide bonds. The first-order chi connectivity index (χ1) is 34.5. The highest BCUT2D eigenvalue weighted by atomic mass is 16.6. The Balaban J connectivity index is 4.20. The van der Waals surface area contributed by atoms with Crippen LogP contribution in [0, 0.1) is 0 Å². The van der Waals surface area contributed by atoms with Gasteiger partial charge < -0.3 is 14.2 Å². The zero-order valence-corrected chi connectivity index (χ0v) is 47.3. The second kappa shape index (κ2) is 59.5. The van der Waals surface area contributed by atoms with E-state index >= 15 is 0 Å². The van der Waals surface area contributed by atoms with Crippen LogP contribution in [0.2, 0.25) is 0 Å². The minimum Gasteiger partial charge on any atom is -0.462 e. The van der Waals surface area contributed by atoms with Gasteiger partial charge in [-0.1, -0.05) is 302 Å². The maximum Gasteiger partial charge on any atom is 0.306 e. The first kappa shape index (κ1) is 67.9. The molecule has 0 saturated carbocycles. The monoisotopic (exact) mass is 985 g/mol. The molecular weight excluding hydrogens is 865 g/mol. The second-order valence-electron chi connectivity index (χ2n) is 21.3. The summed E-state index contributed by atoms with van der Waals surface area (Å²) >= 11 is 0. The van der Waals surface area contributed by atoms with Crippen LogP contribution in [-0.4, -0.2) is 37.2 Å². The summed E-state index contributed by atoms with van der Waals surface area (Å²) in [4.78, 5) is 38.2. The number of unbranched alkanes of at least 4 members (excludes halogenated alkanes) is 43. The van der Waals surface area contributed by atoms with Gasteiger partial charge in [-0.25, -0.2) is 0 Å². The van der Waals surface area contributed by atoms with Crippen molar-refractivity contribution in [1.82, 2.24) is 0 Å². The van der Waals surface area contributed by atoms with Gasteiger partial charge in [0.15, 0.2) is 6.10 Å². The van der Waals surface area contributed by atoms with Crippen molar-refractivity contribution < 1.29 is 28.6 Å². The van der Waals surface area contributed by atoms with Crippen LogP contribution in [0.25, 0.3) is 0 Å². The lowest BCUT2D eigenvalue weighted by atomic mass is 10.0. The predicted molar refractivity (Wildman–Crippen MR) is 303 cm³/mol. The summed E-state index contributed by atoms with van der Waals surface area (Å²) in [5, 5.41) is 0. The molecule has 412 valence electrons. The molecule has 0 aliphatic heterocycles. The summed E-state index contributed by atoms with van der Waals surface area (Å²) in [6.45, 7) is 6.68. The first-order valence-electron chi connectivity index (χ1n) is 31.3. The highest BCUT2D eigenvalue weighted by Gasteiger charge is 2.19. The molecule has 70 heavy (non-hydrogen) atoms. The fourth-order valence-electron chi connectivity index (χ4n) is 9.48. The lowest BCUT2D eigenvalue weighted by Gasteiger charge is -2.18. The molecule has 6 heteroatoms. The molecule has 0 aromatic rings. The minimum absolute atomic E-state index is 0.0649. The molecule has 0 N–H and O–H groups in total. The number of carbonyl (C=O) groups excluding carboxylic acids is 3. The molecule has 0 aromatic heterocycles. The summed E-state index contributed by atoms with van der Waals surface area (Å²) in [6, 6.07) is 0. The first-order valence-corrected chi connectivity index (χ1v) is 31.3. The molecule has 0 aliphatic carbocycles. The van der Waals surface area contributed by atoms with Crippen LogP contribution in [0.5, 0.6) is 0 Å². The minimum atomic E-state index is -0.766. The molecule has 0 radical (unpaired) electrons. The van der Waals surface area contributed by atoms with Gasteiger partial charge in [0.25, 0.3) is 0 Å². The van der Waals surface area contributed by atoms with E-state index in [-0.39, 0.29) is 31.1 Å². The molecule has 0 bridgehead atoms. The molecular formula is C64H120O6. The molecule has 0 rings (SSSR count). The molecule has 6 nitrogen and oxygen atoms in total. The van der Waals surface area contributed by atoms with E-state index in [9.17, 15) is 14.4 Å². The van der Waals surface area contributed by atoms with Crippen LogP contribution in [0.15, 0.2) is 24.3 Å². The number of hydrogen-bond acceptors (Lipinski definition) is 6. The number of carbonyl (C=O) groups is 3. The van der Waals surface area contributed by atoms with Crippen LogP contribution < -0.4 is 0 Å². The van der Waals surface area contributed by atoms with Crippen molar-refractivity contribution in [2.24, 2.45) is 0 Å². The van der Waals surface area contributed by atoms with Gasteiger partial charge in [0, 0.05) is 19.3 Å². The van der Waals surface area contributed by atoms with Crippen molar-refractivity contribution in [2.75, 3.05) is 13.2 Å². The third-order valence-electron chi connectivity index (χ3n) is 14.2. The Morgan fingerprint density at radius 1 is 0.286 bits per heavy atom. The van der Waals surface area contributed by atoms with Crippen LogP contribution in [0.1, 0.15) is 348 Å². The number of hydrogen-bond donors (Lipinski definition) is 0. The number of rotatable bonds is 58. The molecule has 0 fully saturated rings. The molecule has 1 atom stereocenters. The van der Waals surface area contributed by atoms with E-state index < -0.39 is 6.10 Å². The van der Waals surface area contributed by atoms with Gasteiger partial charge in [0.2, 0.25) is 0 Å². The fraction of sp³-hybridized carbons (Fsp3) is 0.891. The van der Waals surface area contributed by atoms with Gasteiger partial charge in [0.1, 0.15) is 13.2 Å². The fourth-order valence-corrected chi connectivity index (χ4v) is 9.48. The van der Waals surface area contributed by atoms with E-state index in [4.69, 9.17) is 14.2 Å².